The Balaban J connectivity index is 1.26. The van der Waals surface area contributed by atoms with Crippen molar-refractivity contribution in [3.63, 3.8) is 0 Å². The van der Waals surface area contributed by atoms with Crippen LogP contribution in [0.25, 0.3) is 11.1 Å². The van der Waals surface area contributed by atoms with Crippen molar-refractivity contribution in [2.75, 3.05) is 13.2 Å². The van der Waals surface area contributed by atoms with E-state index in [-0.39, 0.29) is 17.6 Å². The molecule has 3 aromatic rings. The summed E-state index contributed by atoms with van der Waals surface area (Å²) in [6, 6.07) is 21.7. The first-order valence-electron chi connectivity index (χ1n) is 12.5. The van der Waals surface area contributed by atoms with E-state index in [0.717, 1.165) is 51.3 Å². The molecule has 180 valence electrons. The minimum Gasteiger partial charge on any atom is -0.508 e. The van der Waals surface area contributed by atoms with E-state index in [2.05, 4.69) is 24.0 Å². The molecule has 4 unspecified atom stereocenters. The number of hydrogen-bond donors (Lipinski definition) is 2. The first-order valence-corrected chi connectivity index (χ1v) is 12.5. The SMILES string of the molecule is CC1=C(c2cccc(O)c2)C(c2ccc(OCC(C)N3CCC4CC43)cc2)Oc2ccc(O)cc21. The van der Waals surface area contributed by atoms with E-state index in [0.29, 0.717) is 12.6 Å². The molecule has 5 nitrogen and oxygen atoms in total. The third kappa shape index (κ3) is 4.14. The number of rotatable bonds is 6. The summed E-state index contributed by atoms with van der Waals surface area (Å²) in [5.41, 5.74) is 4.72. The summed E-state index contributed by atoms with van der Waals surface area (Å²) >= 11 is 0. The van der Waals surface area contributed by atoms with Crippen LogP contribution in [-0.4, -0.2) is 40.3 Å². The predicted octanol–water partition coefficient (Wildman–Crippen LogP) is 6.02. The lowest BCUT2D eigenvalue weighted by molar-refractivity contribution is 0.155. The number of nitrogens with zero attached hydrogens (tertiary/aromatic N) is 1. The Bertz CT molecular complexity index is 1280. The van der Waals surface area contributed by atoms with Gasteiger partial charge in [0.25, 0.3) is 0 Å². The minimum atomic E-state index is -0.349. The molecule has 6 rings (SSSR count). The number of piperidine rings is 1. The summed E-state index contributed by atoms with van der Waals surface area (Å²) in [6.07, 6.45) is 2.35. The summed E-state index contributed by atoms with van der Waals surface area (Å²) in [5.74, 6) is 2.91. The zero-order valence-electron chi connectivity index (χ0n) is 20.1. The average molecular weight is 470 g/mol. The predicted molar refractivity (Wildman–Crippen MR) is 137 cm³/mol. The van der Waals surface area contributed by atoms with Gasteiger partial charge in [-0.15, -0.1) is 0 Å². The third-order valence-electron chi connectivity index (χ3n) is 7.74. The number of fused-ring (bicyclic) bond motifs is 2. The van der Waals surface area contributed by atoms with Crippen molar-refractivity contribution >= 4 is 11.1 Å². The van der Waals surface area contributed by atoms with Crippen LogP contribution in [0.4, 0.5) is 0 Å². The second-order valence-electron chi connectivity index (χ2n) is 10.1. The molecular weight excluding hydrogens is 438 g/mol. The number of hydrogen-bond acceptors (Lipinski definition) is 5. The molecule has 0 radical (unpaired) electrons. The van der Waals surface area contributed by atoms with E-state index in [1.165, 1.54) is 19.4 Å². The maximum absolute atomic E-state index is 10.1. The Morgan fingerprint density at radius 2 is 1.83 bits per heavy atom. The lowest BCUT2D eigenvalue weighted by atomic mass is 9.86. The fraction of sp³-hybridized carbons (Fsp3) is 0.333. The first kappa shape index (κ1) is 22.1. The van der Waals surface area contributed by atoms with Crippen molar-refractivity contribution < 1.29 is 19.7 Å². The highest BCUT2D eigenvalue weighted by Gasteiger charge is 2.48. The van der Waals surface area contributed by atoms with E-state index >= 15 is 0 Å². The molecule has 0 amide bonds. The zero-order valence-corrected chi connectivity index (χ0v) is 20.1. The molecule has 2 fully saturated rings. The largest absolute Gasteiger partial charge is 0.508 e. The van der Waals surface area contributed by atoms with Gasteiger partial charge in [0.2, 0.25) is 0 Å². The number of phenols is 2. The maximum Gasteiger partial charge on any atom is 0.150 e. The quantitative estimate of drug-likeness (QED) is 0.462. The molecule has 3 aliphatic rings. The van der Waals surface area contributed by atoms with Gasteiger partial charge in [-0.3, -0.25) is 4.90 Å². The topological polar surface area (TPSA) is 62.2 Å². The zero-order chi connectivity index (χ0) is 24.1. The lowest BCUT2D eigenvalue weighted by Gasteiger charge is -2.31. The summed E-state index contributed by atoms with van der Waals surface area (Å²) in [4.78, 5) is 2.60. The van der Waals surface area contributed by atoms with Crippen molar-refractivity contribution in [2.24, 2.45) is 5.92 Å². The van der Waals surface area contributed by atoms with Crippen molar-refractivity contribution in [1.29, 1.82) is 0 Å². The van der Waals surface area contributed by atoms with Crippen LogP contribution in [-0.2, 0) is 0 Å². The standard InChI is InChI=1S/C30H31NO4/c1-18(31-13-12-21-15-27(21)31)17-34-25-9-6-20(7-10-25)30-29(22-4-3-5-23(32)14-22)19(2)26-16-24(33)8-11-28(26)35-30/h3-11,14,16,18,21,27,30,32-33H,12-13,15,17H2,1-2H3. The number of ether oxygens (including phenoxy) is 2. The molecule has 35 heavy (non-hydrogen) atoms. The number of benzene rings is 3. The smallest absolute Gasteiger partial charge is 0.150 e. The lowest BCUT2D eigenvalue weighted by Crippen LogP contribution is -2.37. The van der Waals surface area contributed by atoms with Crippen LogP contribution < -0.4 is 9.47 Å². The second-order valence-corrected chi connectivity index (χ2v) is 10.1. The minimum absolute atomic E-state index is 0.197. The Morgan fingerprint density at radius 3 is 2.54 bits per heavy atom. The van der Waals surface area contributed by atoms with Gasteiger partial charge in [0.1, 0.15) is 35.7 Å². The molecule has 2 aliphatic heterocycles. The van der Waals surface area contributed by atoms with Crippen molar-refractivity contribution in [3.8, 4) is 23.0 Å². The molecule has 2 heterocycles. The van der Waals surface area contributed by atoms with Gasteiger partial charge in [-0.1, -0.05) is 24.3 Å². The van der Waals surface area contributed by atoms with Crippen molar-refractivity contribution in [1.82, 2.24) is 4.90 Å². The van der Waals surface area contributed by atoms with E-state index < -0.39 is 0 Å². The highest BCUT2D eigenvalue weighted by atomic mass is 16.5. The first-order chi connectivity index (χ1) is 17.0. The van der Waals surface area contributed by atoms with Gasteiger partial charge < -0.3 is 19.7 Å². The molecule has 5 heteroatoms. The average Bonchev–Trinajstić information content (AvgIpc) is 3.52. The van der Waals surface area contributed by atoms with Crippen molar-refractivity contribution in [2.45, 2.75) is 44.9 Å². The molecule has 0 spiro atoms. The summed E-state index contributed by atoms with van der Waals surface area (Å²) in [6.45, 7) is 6.18. The molecule has 3 aromatic carbocycles. The normalized spacial score (nSPS) is 23.9. The molecule has 1 saturated carbocycles. The highest BCUT2D eigenvalue weighted by molar-refractivity contribution is 5.95. The van der Waals surface area contributed by atoms with Gasteiger partial charge in [0, 0.05) is 23.2 Å². The number of aromatic hydroxyl groups is 2. The number of likely N-dealkylation sites (tertiary alicyclic amines) is 1. The Morgan fingerprint density at radius 1 is 1.03 bits per heavy atom. The van der Waals surface area contributed by atoms with Gasteiger partial charge in [-0.2, -0.15) is 0 Å². The van der Waals surface area contributed by atoms with Crippen LogP contribution in [0, 0.1) is 5.92 Å². The Hall–Kier alpha value is -3.44. The Labute approximate surface area is 206 Å². The van der Waals surface area contributed by atoms with Crippen LogP contribution in [0.2, 0.25) is 0 Å². The Kier molecular flexibility index (Phi) is 5.45. The summed E-state index contributed by atoms with van der Waals surface area (Å²) in [5, 5.41) is 20.2. The van der Waals surface area contributed by atoms with Crippen LogP contribution >= 0.6 is 0 Å². The fourth-order valence-electron chi connectivity index (χ4n) is 5.74. The highest BCUT2D eigenvalue weighted by Crippen LogP contribution is 2.48. The van der Waals surface area contributed by atoms with Crippen LogP contribution in [0.5, 0.6) is 23.0 Å². The molecule has 1 aliphatic carbocycles. The summed E-state index contributed by atoms with van der Waals surface area (Å²) < 4.78 is 12.6. The van der Waals surface area contributed by atoms with Gasteiger partial charge >= 0.3 is 0 Å². The van der Waals surface area contributed by atoms with E-state index in [9.17, 15) is 10.2 Å². The van der Waals surface area contributed by atoms with E-state index in [1.807, 2.05) is 37.3 Å². The van der Waals surface area contributed by atoms with Crippen LogP contribution in [0.3, 0.4) is 0 Å². The number of phenolic OH excluding ortho intramolecular Hbond substituents is 2. The summed E-state index contributed by atoms with van der Waals surface area (Å²) in [7, 11) is 0. The van der Waals surface area contributed by atoms with Gasteiger partial charge in [-0.25, -0.2) is 0 Å². The molecule has 0 bridgehead atoms. The monoisotopic (exact) mass is 469 g/mol. The number of allylic oxidation sites excluding steroid dienone is 1. The third-order valence-corrected chi connectivity index (χ3v) is 7.74. The molecule has 2 N–H and O–H groups in total. The molecule has 1 saturated heterocycles. The molecule has 4 atom stereocenters. The molecule has 0 aromatic heterocycles. The van der Waals surface area contributed by atoms with Crippen molar-refractivity contribution in [3.05, 3.63) is 83.4 Å². The second kappa shape index (κ2) is 8.65. The van der Waals surface area contributed by atoms with Crippen LogP contribution in [0.15, 0.2) is 66.7 Å². The van der Waals surface area contributed by atoms with E-state index in [1.54, 1.807) is 24.3 Å². The van der Waals surface area contributed by atoms with Gasteiger partial charge in [0.15, 0.2) is 0 Å². The maximum atomic E-state index is 10.1. The molecular formula is C30H31NO4. The van der Waals surface area contributed by atoms with Crippen LogP contribution in [0.1, 0.15) is 49.5 Å². The van der Waals surface area contributed by atoms with E-state index in [4.69, 9.17) is 9.47 Å². The van der Waals surface area contributed by atoms with Gasteiger partial charge in [-0.05, 0) is 98.3 Å². The van der Waals surface area contributed by atoms with Gasteiger partial charge in [0.05, 0.1) is 0 Å². The fourth-order valence-corrected chi connectivity index (χ4v) is 5.74.